The summed E-state index contributed by atoms with van der Waals surface area (Å²) in [5.74, 6) is -0.467. The van der Waals surface area contributed by atoms with E-state index < -0.39 is 5.97 Å². The first kappa shape index (κ1) is 11.9. The third-order valence-electron chi connectivity index (χ3n) is 2.57. The van der Waals surface area contributed by atoms with Crippen molar-refractivity contribution in [1.29, 1.82) is 0 Å². The molecule has 0 aromatic carbocycles. The molecule has 6 heteroatoms. The standard InChI is InChI=1S/C13H10N2O3S/c16-13(17)10-4-5-12(18-10)19-8-9-7-15-6-2-1-3-11(15)14-9/h1-7H,8H2,(H,16,17). The van der Waals surface area contributed by atoms with Gasteiger partial charge in [-0.3, -0.25) is 0 Å². The van der Waals surface area contributed by atoms with Crippen LogP contribution in [0.15, 0.2) is 52.2 Å². The number of pyridine rings is 1. The van der Waals surface area contributed by atoms with Crippen molar-refractivity contribution in [2.24, 2.45) is 0 Å². The van der Waals surface area contributed by atoms with Crippen molar-refractivity contribution in [2.75, 3.05) is 0 Å². The van der Waals surface area contributed by atoms with Crippen molar-refractivity contribution in [3.63, 3.8) is 0 Å². The molecule has 0 aliphatic heterocycles. The summed E-state index contributed by atoms with van der Waals surface area (Å²) in [6, 6.07) is 8.92. The van der Waals surface area contributed by atoms with E-state index in [0.717, 1.165) is 11.3 Å². The maximum Gasteiger partial charge on any atom is 0.371 e. The molecule has 0 saturated heterocycles. The number of carboxylic acid groups (broad SMARTS) is 1. The molecule has 3 rings (SSSR count). The van der Waals surface area contributed by atoms with Gasteiger partial charge >= 0.3 is 5.97 Å². The van der Waals surface area contributed by atoms with Crippen molar-refractivity contribution in [2.45, 2.75) is 10.8 Å². The van der Waals surface area contributed by atoms with Crippen LogP contribution in [-0.4, -0.2) is 20.5 Å². The van der Waals surface area contributed by atoms with Gasteiger partial charge in [-0.15, -0.1) is 0 Å². The lowest BCUT2D eigenvalue weighted by molar-refractivity contribution is 0.0656. The zero-order valence-corrected chi connectivity index (χ0v) is 10.6. The average molecular weight is 274 g/mol. The van der Waals surface area contributed by atoms with Crippen LogP contribution in [0.4, 0.5) is 0 Å². The molecule has 0 unspecified atom stereocenters. The molecule has 0 saturated carbocycles. The molecule has 0 radical (unpaired) electrons. The van der Waals surface area contributed by atoms with Crippen LogP contribution >= 0.6 is 11.8 Å². The van der Waals surface area contributed by atoms with Gasteiger partial charge in [-0.25, -0.2) is 9.78 Å². The Morgan fingerprint density at radius 2 is 2.26 bits per heavy atom. The van der Waals surface area contributed by atoms with Crippen molar-refractivity contribution in [3.05, 3.63) is 54.2 Å². The molecule has 5 nitrogen and oxygen atoms in total. The lowest BCUT2D eigenvalue weighted by Gasteiger charge is -1.93. The number of nitrogens with zero attached hydrogens (tertiary/aromatic N) is 2. The zero-order valence-electron chi connectivity index (χ0n) is 9.81. The summed E-state index contributed by atoms with van der Waals surface area (Å²) in [6.07, 6.45) is 3.88. The Bertz CT molecular complexity index is 699. The molecule has 3 heterocycles. The molecule has 0 aliphatic rings. The van der Waals surface area contributed by atoms with E-state index in [2.05, 4.69) is 4.98 Å². The van der Waals surface area contributed by atoms with Crippen LogP contribution < -0.4 is 0 Å². The van der Waals surface area contributed by atoms with Crippen LogP contribution in [0.25, 0.3) is 5.65 Å². The number of aromatic nitrogens is 2. The van der Waals surface area contributed by atoms with E-state index in [4.69, 9.17) is 9.52 Å². The van der Waals surface area contributed by atoms with Crippen LogP contribution in [0.5, 0.6) is 0 Å². The largest absolute Gasteiger partial charge is 0.475 e. The number of rotatable bonds is 4. The predicted molar refractivity (Wildman–Crippen MR) is 70.4 cm³/mol. The van der Waals surface area contributed by atoms with E-state index in [1.807, 2.05) is 35.0 Å². The van der Waals surface area contributed by atoms with Crippen LogP contribution in [0.2, 0.25) is 0 Å². The summed E-state index contributed by atoms with van der Waals surface area (Å²) in [5, 5.41) is 9.34. The van der Waals surface area contributed by atoms with E-state index in [9.17, 15) is 4.79 Å². The summed E-state index contributed by atoms with van der Waals surface area (Å²) in [6.45, 7) is 0. The van der Waals surface area contributed by atoms with Gasteiger partial charge in [0, 0.05) is 18.1 Å². The number of thioether (sulfide) groups is 1. The fraction of sp³-hybridized carbons (Fsp3) is 0.0769. The van der Waals surface area contributed by atoms with Gasteiger partial charge in [-0.05, 0) is 24.3 Å². The van der Waals surface area contributed by atoms with Gasteiger partial charge in [0.25, 0.3) is 0 Å². The molecule has 19 heavy (non-hydrogen) atoms. The topological polar surface area (TPSA) is 67.7 Å². The van der Waals surface area contributed by atoms with Gasteiger partial charge in [-0.1, -0.05) is 17.8 Å². The van der Waals surface area contributed by atoms with Gasteiger partial charge < -0.3 is 13.9 Å². The Balaban J connectivity index is 1.72. The summed E-state index contributed by atoms with van der Waals surface area (Å²) in [4.78, 5) is 15.1. The number of furan rings is 1. The Morgan fingerprint density at radius 3 is 3.00 bits per heavy atom. The number of carbonyl (C=O) groups is 1. The highest BCUT2D eigenvalue weighted by Crippen LogP contribution is 2.24. The SMILES string of the molecule is O=C(O)c1ccc(SCc2cn3ccccc3n2)o1. The van der Waals surface area contributed by atoms with E-state index in [-0.39, 0.29) is 5.76 Å². The zero-order chi connectivity index (χ0) is 13.2. The van der Waals surface area contributed by atoms with E-state index >= 15 is 0 Å². The molecule has 0 atom stereocenters. The van der Waals surface area contributed by atoms with E-state index in [1.54, 1.807) is 6.07 Å². The van der Waals surface area contributed by atoms with Gasteiger partial charge in [0.1, 0.15) is 5.65 Å². The van der Waals surface area contributed by atoms with Crippen molar-refractivity contribution < 1.29 is 14.3 Å². The first-order chi connectivity index (χ1) is 9.22. The number of fused-ring (bicyclic) bond motifs is 1. The monoisotopic (exact) mass is 274 g/mol. The summed E-state index contributed by atoms with van der Waals surface area (Å²) < 4.78 is 7.11. The minimum Gasteiger partial charge on any atom is -0.475 e. The summed E-state index contributed by atoms with van der Waals surface area (Å²) in [5.41, 5.74) is 1.81. The molecule has 3 aromatic heterocycles. The Morgan fingerprint density at radius 1 is 1.37 bits per heavy atom. The highest BCUT2D eigenvalue weighted by Gasteiger charge is 2.10. The smallest absolute Gasteiger partial charge is 0.371 e. The summed E-state index contributed by atoms with van der Waals surface area (Å²) >= 11 is 1.42. The summed E-state index contributed by atoms with van der Waals surface area (Å²) in [7, 11) is 0. The van der Waals surface area contributed by atoms with Crippen LogP contribution in [0, 0.1) is 0 Å². The average Bonchev–Trinajstić information content (AvgIpc) is 3.02. The maximum absolute atomic E-state index is 10.7. The molecule has 0 bridgehead atoms. The van der Waals surface area contributed by atoms with Gasteiger partial charge in [0.2, 0.25) is 5.76 Å². The first-order valence-corrected chi connectivity index (χ1v) is 6.59. The highest BCUT2D eigenvalue weighted by atomic mass is 32.2. The van der Waals surface area contributed by atoms with E-state index in [0.29, 0.717) is 10.8 Å². The number of carboxylic acids is 1. The fourth-order valence-corrected chi connectivity index (χ4v) is 2.46. The second-order valence-corrected chi connectivity index (χ2v) is 4.89. The third-order valence-corrected chi connectivity index (χ3v) is 3.51. The number of hydrogen-bond donors (Lipinski definition) is 1. The van der Waals surface area contributed by atoms with Crippen molar-refractivity contribution >= 4 is 23.4 Å². The fourth-order valence-electron chi connectivity index (χ4n) is 1.71. The Hall–Kier alpha value is -2.21. The van der Waals surface area contributed by atoms with Crippen LogP contribution in [-0.2, 0) is 5.75 Å². The van der Waals surface area contributed by atoms with Crippen LogP contribution in [0.1, 0.15) is 16.2 Å². The highest BCUT2D eigenvalue weighted by molar-refractivity contribution is 7.98. The quantitative estimate of drug-likeness (QED) is 0.741. The van der Waals surface area contributed by atoms with Crippen molar-refractivity contribution in [3.8, 4) is 0 Å². The molecule has 0 amide bonds. The van der Waals surface area contributed by atoms with Gasteiger partial charge in [0.15, 0.2) is 5.09 Å². The lowest BCUT2D eigenvalue weighted by Crippen LogP contribution is -1.91. The first-order valence-electron chi connectivity index (χ1n) is 5.61. The number of imidazole rings is 1. The second-order valence-electron chi connectivity index (χ2n) is 3.91. The molecule has 0 fully saturated rings. The molecule has 3 aromatic rings. The number of hydrogen-bond acceptors (Lipinski definition) is 4. The molecule has 0 aliphatic carbocycles. The minimum absolute atomic E-state index is 0.0440. The molecular weight excluding hydrogens is 264 g/mol. The lowest BCUT2D eigenvalue weighted by atomic mass is 10.5. The van der Waals surface area contributed by atoms with Gasteiger partial charge in [0.05, 0.1) is 5.69 Å². The normalized spacial score (nSPS) is 10.9. The third kappa shape index (κ3) is 2.48. The molecule has 1 N–H and O–H groups in total. The van der Waals surface area contributed by atoms with E-state index in [1.165, 1.54) is 17.8 Å². The molecule has 0 spiro atoms. The van der Waals surface area contributed by atoms with Crippen LogP contribution in [0.3, 0.4) is 0 Å². The number of aromatic carboxylic acids is 1. The Kier molecular flexibility index (Phi) is 3.00. The molecule has 96 valence electrons. The van der Waals surface area contributed by atoms with Gasteiger partial charge in [-0.2, -0.15) is 0 Å². The maximum atomic E-state index is 10.7. The second kappa shape index (κ2) is 4.81. The molecular formula is C13H10N2O3S. The predicted octanol–water partition coefficient (Wildman–Crippen LogP) is 2.92. The minimum atomic E-state index is -1.06. The van der Waals surface area contributed by atoms with Crippen molar-refractivity contribution in [1.82, 2.24) is 9.38 Å². The Labute approximate surface area is 112 Å².